The molecule has 7 aromatic rings. The molecule has 2 heterocycles. The van der Waals surface area contributed by atoms with Crippen molar-refractivity contribution < 1.29 is 0 Å². The number of fused-ring (bicyclic) bond motifs is 6. The highest BCUT2D eigenvalue weighted by atomic mass is 14.9. The minimum atomic E-state index is 1.25. The first kappa shape index (κ1) is 16.7. The van der Waals surface area contributed by atoms with Gasteiger partial charge >= 0.3 is 0 Å². The molecule has 144 valence electrons. The smallest absolute Gasteiger partial charge is 0.0620 e. The molecule has 1 heteroatoms. The fourth-order valence-corrected chi connectivity index (χ4v) is 5.12. The summed E-state index contributed by atoms with van der Waals surface area (Å²) in [6, 6.07) is 41.7. The number of hydrogen-bond acceptors (Lipinski definition) is 0. The molecule has 0 atom stereocenters. The molecule has 1 nitrogen and oxygen atoms in total. The summed E-state index contributed by atoms with van der Waals surface area (Å²) in [6.07, 6.45) is 0. The van der Waals surface area contributed by atoms with Gasteiger partial charge < -0.3 is 4.40 Å². The third-order valence-electron chi connectivity index (χ3n) is 6.53. The van der Waals surface area contributed by atoms with Crippen LogP contribution in [0.15, 0.2) is 115 Å². The predicted octanol–water partition coefficient (Wildman–Crippen LogP) is 8.17. The summed E-state index contributed by atoms with van der Waals surface area (Å²) < 4.78 is 2.43. The average Bonchev–Trinajstić information content (AvgIpc) is 3.36. The summed E-state index contributed by atoms with van der Waals surface area (Å²) in [5, 5.41) is 5.29. The maximum absolute atomic E-state index is 2.43. The molecule has 0 aliphatic rings. The van der Waals surface area contributed by atoms with Crippen LogP contribution in [0.4, 0.5) is 0 Å². The van der Waals surface area contributed by atoms with Crippen LogP contribution < -0.4 is 0 Å². The third-order valence-corrected chi connectivity index (χ3v) is 6.53. The molecule has 0 spiro atoms. The highest BCUT2D eigenvalue weighted by Gasteiger charge is 2.17. The Hall–Kier alpha value is -4.10. The lowest BCUT2D eigenvalue weighted by Crippen LogP contribution is -1.83. The standard InChI is InChI=1S/C30H19N/c1-2-8-20(9-3-1)21-10-6-11-22(18-21)23-16-17-29-27(19-23)26-14-7-13-25-24-12-4-5-15-28(24)31(29)30(25)26/h1-19H. The van der Waals surface area contributed by atoms with E-state index in [-0.39, 0.29) is 0 Å². The quantitative estimate of drug-likeness (QED) is 0.279. The lowest BCUT2D eigenvalue weighted by molar-refractivity contribution is 1.37. The molecular formula is C30H19N. The Morgan fingerprint density at radius 1 is 0.355 bits per heavy atom. The van der Waals surface area contributed by atoms with Gasteiger partial charge in [0.05, 0.1) is 16.6 Å². The summed E-state index contributed by atoms with van der Waals surface area (Å²) in [5.41, 5.74) is 8.88. The van der Waals surface area contributed by atoms with Crippen LogP contribution in [-0.2, 0) is 0 Å². The van der Waals surface area contributed by atoms with E-state index in [9.17, 15) is 0 Å². The maximum atomic E-state index is 2.43. The molecule has 0 amide bonds. The summed E-state index contributed by atoms with van der Waals surface area (Å²) in [7, 11) is 0. The Bertz CT molecular complexity index is 1720. The molecule has 0 fully saturated rings. The van der Waals surface area contributed by atoms with Gasteiger partial charge in [0.1, 0.15) is 0 Å². The molecule has 0 bridgehead atoms. The van der Waals surface area contributed by atoms with Gasteiger partial charge in [0.2, 0.25) is 0 Å². The molecule has 0 aliphatic heterocycles. The lowest BCUT2D eigenvalue weighted by Gasteiger charge is -2.07. The normalized spacial score (nSPS) is 11.9. The zero-order valence-corrected chi connectivity index (χ0v) is 16.9. The van der Waals surface area contributed by atoms with Crippen molar-refractivity contribution in [2.45, 2.75) is 0 Å². The minimum absolute atomic E-state index is 1.25. The highest BCUT2D eigenvalue weighted by Crippen LogP contribution is 2.40. The molecule has 2 aromatic heterocycles. The number of hydrogen-bond donors (Lipinski definition) is 0. The number of aromatic nitrogens is 1. The average molecular weight is 393 g/mol. The second-order valence-electron chi connectivity index (χ2n) is 8.23. The zero-order chi connectivity index (χ0) is 20.4. The van der Waals surface area contributed by atoms with Crippen LogP contribution in [0.5, 0.6) is 0 Å². The SMILES string of the molecule is c1ccc(-c2cccc(-c3ccc4c(c3)c3cccc5c6ccccc6n4c53)c2)cc1. The van der Waals surface area contributed by atoms with Gasteiger partial charge in [-0.1, -0.05) is 91.0 Å². The number of nitrogens with zero attached hydrogens (tertiary/aromatic N) is 1. The van der Waals surface area contributed by atoms with Gasteiger partial charge in [0, 0.05) is 21.5 Å². The molecule has 0 N–H and O–H groups in total. The molecule has 0 saturated carbocycles. The Morgan fingerprint density at radius 2 is 0.935 bits per heavy atom. The fraction of sp³-hybridized carbons (Fsp3) is 0. The Kier molecular flexibility index (Phi) is 3.33. The number of rotatable bonds is 2. The third kappa shape index (κ3) is 2.32. The van der Waals surface area contributed by atoms with Crippen molar-refractivity contribution in [1.82, 2.24) is 4.40 Å². The van der Waals surface area contributed by atoms with Crippen LogP contribution in [-0.4, -0.2) is 4.40 Å². The summed E-state index contributed by atoms with van der Waals surface area (Å²) in [5.74, 6) is 0. The second kappa shape index (κ2) is 6.20. The molecule has 5 aromatic carbocycles. The monoisotopic (exact) mass is 393 g/mol. The Morgan fingerprint density at radius 3 is 1.81 bits per heavy atom. The highest BCUT2D eigenvalue weighted by molar-refractivity contribution is 6.23. The van der Waals surface area contributed by atoms with Crippen molar-refractivity contribution in [1.29, 1.82) is 0 Å². The second-order valence-corrected chi connectivity index (χ2v) is 8.23. The molecule has 0 unspecified atom stereocenters. The molecule has 7 rings (SSSR count). The van der Waals surface area contributed by atoms with E-state index >= 15 is 0 Å². The van der Waals surface area contributed by atoms with Gasteiger partial charge in [-0.25, -0.2) is 0 Å². The van der Waals surface area contributed by atoms with Crippen molar-refractivity contribution in [2.24, 2.45) is 0 Å². The van der Waals surface area contributed by atoms with Crippen LogP contribution in [0.25, 0.3) is 60.3 Å². The zero-order valence-electron chi connectivity index (χ0n) is 16.9. The first-order chi connectivity index (χ1) is 15.4. The van der Waals surface area contributed by atoms with Gasteiger partial charge in [-0.3, -0.25) is 0 Å². The van der Waals surface area contributed by atoms with Gasteiger partial charge in [-0.05, 0) is 46.5 Å². The molecule has 31 heavy (non-hydrogen) atoms. The minimum Gasteiger partial charge on any atom is -0.308 e. The summed E-state index contributed by atoms with van der Waals surface area (Å²) >= 11 is 0. The molecule has 0 radical (unpaired) electrons. The van der Waals surface area contributed by atoms with Crippen molar-refractivity contribution in [2.75, 3.05) is 0 Å². The van der Waals surface area contributed by atoms with Gasteiger partial charge in [0.25, 0.3) is 0 Å². The molecular weight excluding hydrogens is 374 g/mol. The number of para-hydroxylation sites is 2. The first-order valence-electron chi connectivity index (χ1n) is 10.7. The molecule has 0 saturated heterocycles. The van der Waals surface area contributed by atoms with Crippen LogP contribution >= 0.6 is 0 Å². The largest absolute Gasteiger partial charge is 0.308 e. The van der Waals surface area contributed by atoms with Crippen molar-refractivity contribution >= 4 is 38.1 Å². The van der Waals surface area contributed by atoms with Crippen molar-refractivity contribution in [3.8, 4) is 22.3 Å². The fourth-order valence-electron chi connectivity index (χ4n) is 5.12. The maximum Gasteiger partial charge on any atom is 0.0620 e. The van der Waals surface area contributed by atoms with Crippen molar-refractivity contribution in [3.63, 3.8) is 0 Å². The Labute approximate surface area is 180 Å². The summed E-state index contributed by atoms with van der Waals surface area (Å²) in [6.45, 7) is 0. The number of benzene rings is 5. The van der Waals surface area contributed by atoms with Crippen LogP contribution in [0.3, 0.4) is 0 Å². The van der Waals surface area contributed by atoms with E-state index in [0.29, 0.717) is 0 Å². The molecule has 0 aliphatic carbocycles. The van der Waals surface area contributed by atoms with E-state index in [1.54, 1.807) is 0 Å². The van der Waals surface area contributed by atoms with E-state index < -0.39 is 0 Å². The van der Waals surface area contributed by atoms with Gasteiger partial charge in [-0.2, -0.15) is 0 Å². The van der Waals surface area contributed by atoms with Crippen molar-refractivity contribution in [3.05, 3.63) is 115 Å². The van der Waals surface area contributed by atoms with E-state index in [4.69, 9.17) is 0 Å². The van der Waals surface area contributed by atoms with E-state index in [1.165, 1.54) is 60.3 Å². The van der Waals surface area contributed by atoms with E-state index in [1.807, 2.05) is 0 Å². The van der Waals surface area contributed by atoms with Crippen LogP contribution in [0.2, 0.25) is 0 Å². The Balaban J connectivity index is 1.50. The first-order valence-corrected chi connectivity index (χ1v) is 10.7. The van der Waals surface area contributed by atoms with Crippen LogP contribution in [0, 0.1) is 0 Å². The summed E-state index contributed by atoms with van der Waals surface area (Å²) in [4.78, 5) is 0. The van der Waals surface area contributed by atoms with E-state index in [0.717, 1.165) is 0 Å². The van der Waals surface area contributed by atoms with Crippen LogP contribution in [0.1, 0.15) is 0 Å². The van der Waals surface area contributed by atoms with Gasteiger partial charge in [-0.15, -0.1) is 0 Å². The van der Waals surface area contributed by atoms with E-state index in [2.05, 4.69) is 120 Å². The lowest BCUT2D eigenvalue weighted by atomic mass is 9.98. The van der Waals surface area contributed by atoms with Gasteiger partial charge in [0.15, 0.2) is 0 Å². The topological polar surface area (TPSA) is 4.41 Å². The predicted molar refractivity (Wildman–Crippen MR) is 132 cm³/mol.